The van der Waals surface area contributed by atoms with Crippen molar-refractivity contribution in [2.45, 2.75) is 6.92 Å². The Kier molecular flexibility index (Phi) is 3.43. The van der Waals surface area contributed by atoms with Crippen LogP contribution in [-0.2, 0) is 4.74 Å². The molecule has 7 heteroatoms. The second-order valence-corrected chi connectivity index (χ2v) is 3.58. The minimum atomic E-state index is -0.524. The van der Waals surface area contributed by atoms with Crippen molar-refractivity contribution in [1.82, 2.24) is 14.5 Å². The van der Waals surface area contributed by atoms with E-state index in [9.17, 15) is 4.79 Å². The fourth-order valence-electron chi connectivity index (χ4n) is 1.61. The second kappa shape index (κ2) is 5.18. The normalized spacial score (nSPS) is 9.89. The van der Waals surface area contributed by atoms with Crippen LogP contribution in [-0.4, -0.2) is 27.1 Å². The lowest BCUT2D eigenvalue weighted by molar-refractivity contribution is 0.0526. The minimum absolute atomic E-state index is 0.150. The standard InChI is InChI=1S/C12H11N5O2/c1-2-19-12(18)8-5-10(14)16-7-9(8)17-4-3-15-11(17)6-13/h3-5,7H,2H2,1H3,(H2,14,16). The van der Waals surface area contributed by atoms with Crippen molar-refractivity contribution in [1.29, 1.82) is 5.26 Å². The van der Waals surface area contributed by atoms with E-state index in [1.165, 1.54) is 23.0 Å². The number of ether oxygens (including phenoxy) is 1. The first kappa shape index (κ1) is 12.6. The van der Waals surface area contributed by atoms with Gasteiger partial charge in [0.2, 0.25) is 5.82 Å². The largest absolute Gasteiger partial charge is 0.462 e. The lowest BCUT2D eigenvalue weighted by atomic mass is 10.2. The molecule has 0 unspecified atom stereocenters. The number of nitriles is 1. The van der Waals surface area contributed by atoms with Crippen LogP contribution in [0.2, 0.25) is 0 Å². The number of nitrogens with two attached hydrogens (primary N) is 1. The van der Waals surface area contributed by atoms with Crippen LogP contribution in [0.1, 0.15) is 23.1 Å². The molecule has 2 aromatic rings. The Morgan fingerprint density at radius 2 is 2.37 bits per heavy atom. The van der Waals surface area contributed by atoms with E-state index in [1.807, 2.05) is 6.07 Å². The summed E-state index contributed by atoms with van der Waals surface area (Å²) < 4.78 is 6.41. The minimum Gasteiger partial charge on any atom is -0.462 e. The molecule has 2 aromatic heterocycles. The smallest absolute Gasteiger partial charge is 0.340 e. The molecule has 0 aliphatic heterocycles. The number of nitrogens with zero attached hydrogens (tertiary/aromatic N) is 4. The number of aromatic nitrogens is 3. The van der Waals surface area contributed by atoms with Gasteiger partial charge in [-0.1, -0.05) is 0 Å². The molecule has 19 heavy (non-hydrogen) atoms. The van der Waals surface area contributed by atoms with Gasteiger partial charge in [0.1, 0.15) is 11.9 Å². The molecule has 0 saturated carbocycles. The van der Waals surface area contributed by atoms with Crippen molar-refractivity contribution in [3.05, 3.63) is 36.0 Å². The Bertz CT molecular complexity index is 656. The molecule has 0 fully saturated rings. The highest BCUT2D eigenvalue weighted by atomic mass is 16.5. The Hall–Kier alpha value is -2.88. The van der Waals surface area contributed by atoms with Crippen LogP contribution in [0, 0.1) is 11.3 Å². The second-order valence-electron chi connectivity index (χ2n) is 3.58. The zero-order chi connectivity index (χ0) is 13.8. The summed E-state index contributed by atoms with van der Waals surface area (Å²) in [6, 6.07) is 3.34. The predicted octanol–water partition coefficient (Wildman–Crippen LogP) is 0.898. The molecule has 2 N–H and O–H groups in total. The van der Waals surface area contributed by atoms with Crippen LogP contribution in [0.4, 0.5) is 5.82 Å². The maximum absolute atomic E-state index is 11.9. The van der Waals surface area contributed by atoms with Crippen LogP contribution in [0.3, 0.4) is 0 Å². The van der Waals surface area contributed by atoms with Crippen molar-refractivity contribution in [2.24, 2.45) is 0 Å². The van der Waals surface area contributed by atoms with E-state index in [4.69, 9.17) is 15.7 Å². The van der Waals surface area contributed by atoms with Crippen molar-refractivity contribution in [3.63, 3.8) is 0 Å². The molecule has 0 aliphatic rings. The number of nitrogen functional groups attached to an aromatic ring is 1. The maximum Gasteiger partial charge on any atom is 0.340 e. The maximum atomic E-state index is 11.9. The van der Waals surface area contributed by atoms with Gasteiger partial charge >= 0.3 is 5.97 Å². The van der Waals surface area contributed by atoms with Crippen LogP contribution < -0.4 is 5.73 Å². The molecule has 2 heterocycles. The summed E-state index contributed by atoms with van der Waals surface area (Å²) in [5.74, 6) is -0.174. The third-order valence-corrected chi connectivity index (χ3v) is 2.40. The summed E-state index contributed by atoms with van der Waals surface area (Å²) in [5, 5.41) is 8.96. The van der Waals surface area contributed by atoms with E-state index in [0.29, 0.717) is 5.69 Å². The number of rotatable bonds is 3. The molecular formula is C12H11N5O2. The average Bonchev–Trinajstić information content (AvgIpc) is 2.87. The fraction of sp³-hybridized carbons (Fsp3) is 0.167. The zero-order valence-corrected chi connectivity index (χ0v) is 10.2. The number of esters is 1. The number of hydrogen-bond donors (Lipinski definition) is 1. The fourth-order valence-corrected chi connectivity index (χ4v) is 1.61. The third-order valence-electron chi connectivity index (χ3n) is 2.40. The molecule has 0 amide bonds. The highest BCUT2D eigenvalue weighted by Crippen LogP contribution is 2.18. The van der Waals surface area contributed by atoms with Gasteiger partial charge in [0.15, 0.2) is 0 Å². The molecule has 0 saturated heterocycles. The number of carbonyl (C=O) groups excluding carboxylic acids is 1. The van der Waals surface area contributed by atoms with Gasteiger partial charge in [0.05, 0.1) is 24.1 Å². The number of pyridine rings is 1. The monoisotopic (exact) mass is 257 g/mol. The first-order valence-corrected chi connectivity index (χ1v) is 5.53. The predicted molar refractivity (Wildman–Crippen MR) is 66.4 cm³/mol. The van der Waals surface area contributed by atoms with Gasteiger partial charge < -0.3 is 10.5 Å². The van der Waals surface area contributed by atoms with Crippen LogP contribution in [0.15, 0.2) is 24.7 Å². The Balaban J connectivity index is 2.58. The lowest BCUT2D eigenvalue weighted by Crippen LogP contribution is -2.12. The molecule has 0 aliphatic carbocycles. The summed E-state index contributed by atoms with van der Waals surface area (Å²) in [7, 11) is 0. The van der Waals surface area contributed by atoms with Crippen molar-refractivity contribution < 1.29 is 9.53 Å². The quantitative estimate of drug-likeness (QED) is 0.818. The lowest BCUT2D eigenvalue weighted by Gasteiger charge is -2.10. The van der Waals surface area contributed by atoms with Crippen LogP contribution >= 0.6 is 0 Å². The molecule has 0 atom stereocenters. The molecule has 0 radical (unpaired) electrons. The average molecular weight is 257 g/mol. The highest BCUT2D eigenvalue weighted by Gasteiger charge is 2.17. The van der Waals surface area contributed by atoms with Gasteiger partial charge in [-0.25, -0.2) is 14.8 Å². The Labute approximate surface area is 109 Å². The van der Waals surface area contributed by atoms with Gasteiger partial charge in [-0.3, -0.25) is 4.57 Å². The van der Waals surface area contributed by atoms with Crippen molar-refractivity contribution in [2.75, 3.05) is 12.3 Å². The molecular weight excluding hydrogens is 246 g/mol. The number of hydrogen-bond acceptors (Lipinski definition) is 6. The van der Waals surface area contributed by atoms with E-state index in [0.717, 1.165) is 0 Å². The third kappa shape index (κ3) is 2.37. The zero-order valence-electron chi connectivity index (χ0n) is 10.2. The molecule has 0 spiro atoms. The van der Waals surface area contributed by atoms with E-state index in [-0.39, 0.29) is 23.8 Å². The first-order chi connectivity index (χ1) is 9.17. The van der Waals surface area contributed by atoms with E-state index < -0.39 is 5.97 Å². The Morgan fingerprint density at radius 1 is 1.58 bits per heavy atom. The highest BCUT2D eigenvalue weighted by molar-refractivity contribution is 5.94. The van der Waals surface area contributed by atoms with Gasteiger partial charge in [-0.05, 0) is 13.0 Å². The van der Waals surface area contributed by atoms with E-state index in [2.05, 4.69) is 9.97 Å². The van der Waals surface area contributed by atoms with Crippen LogP contribution in [0.5, 0.6) is 0 Å². The van der Waals surface area contributed by atoms with Crippen molar-refractivity contribution >= 4 is 11.8 Å². The van der Waals surface area contributed by atoms with Gasteiger partial charge in [0, 0.05) is 12.4 Å². The molecule has 7 nitrogen and oxygen atoms in total. The Morgan fingerprint density at radius 3 is 3.05 bits per heavy atom. The summed E-state index contributed by atoms with van der Waals surface area (Å²) in [4.78, 5) is 19.7. The topological polar surface area (TPSA) is 107 Å². The number of carbonyl (C=O) groups is 1. The molecule has 0 aromatic carbocycles. The van der Waals surface area contributed by atoms with Gasteiger partial charge in [-0.2, -0.15) is 5.26 Å². The first-order valence-electron chi connectivity index (χ1n) is 5.53. The summed E-state index contributed by atoms with van der Waals surface area (Å²) >= 11 is 0. The summed E-state index contributed by atoms with van der Waals surface area (Å²) in [6.07, 6.45) is 4.43. The van der Waals surface area contributed by atoms with E-state index in [1.54, 1.807) is 13.1 Å². The molecule has 2 rings (SSSR count). The van der Waals surface area contributed by atoms with Gasteiger partial charge in [-0.15, -0.1) is 0 Å². The van der Waals surface area contributed by atoms with Crippen molar-refractivity contribution in [3.8, 4) is 11.8 Å². The van der Waals surface area contributed by atoms with Crippen LogP contribution in [0.25, 0.3) is 5.69 Å². The summed E-state index contributed by atoms with van der Waals surface area (Å²) in [6.45, 7) is 1.95. The summed E-state index contributed by atoms with van der Waals surface area (Å²) in [5.41, 5.74) is 6.22. The number of anilines is 1. The molecule has 0 bridgehead atoms. The SMILES string of the molecule is CCOC(=O)c1cc(N)ncc1-n1ccnc1C#N. The molecule has 96 valence electrons. The van der Waals surface area contributed by atoms with Gasteiger partial charge in [0.25, 0.3) is 0 Å². The number of imidazole rings is 1. The van der Waals surface area contributed by atoms with E-state index >= 15 is 0 Å².